The Morgan fingerprint density at radius 3 is 2.34 bits per heavy atom. The van der Waals surface area contributed by atoms with Crippen LogP contribution < -0.4 is 22.3 Å². The summed E-state index contributed by atoms with van der Waals surface area (Å²) >= 11 is 6.09. The molecule has 0 aliphatic rings. The number of nitrogens with one attached hydrogen (secondary N) is 1. The Kier molecular flexibility index (Phi) is 6.19. The highest BCUT2D eigenvalue weighted by molar-refractivity contribution is 6.33. The number of carbonyl (C=O) groups excluding carboxylic acids is 1. The lowest BCUT2D eigenvalue weighted by Gasteiger charge is -2.16. The fourth-order valence-corrected chi connectivity index (χ4v) is 3.25. The summed E-state index contributed by atoms with van der Waals surface area (Å²) in [6.07, 6.45) is 0. The minimum Gasteiger partial charge on any atom is -0.384 e. The van der Waals surface area contributed by atoms with Crippen LogP contribution in [0.4, 0.5) is 11.5 Å². The monoisotopic (exact) mass is 412 g/mol. The average Bonchev–Trinajstić information content (AvgIpc) is 2.72. The highest BCUT2D eigenvalue weighted by Gasteiger charge is 2.22. The SMILES string of the molecule is CCn1c(=O)c(C(=O)CNc2ccccc2Cl)c(N)n(Cc2ccccc2)c1=O. The molecule has 3 N–H and O–H groups in total. The van der Waals surface area contributed by atoms with E-state index in [4.69, 9.17) is 17.3 Å². The van der Waals surface area contributed by atoms with Crippen molar-refractivity contribution in [2.75, 3.05) is 17.6 Å². The standard InChI is InChI=1S/C21H21ClN4O3/c1-2-25-20(28)18(17(27)12-24-16-11-7-6-10-15(16)22)19(23)26(21(25)29)13-14-8-4-3-5-9-14/h3-11,24H,2,12-13,23H2,1H3. The lowest BCUT2D eigenvalue weighted by atomic mass is 10.1. The Bertz CT molecular complexity index is 1150. The molecule has 0 amide bonds. The molecule has 0 saturated carbocycles. The van der Waals surface area contributed by atoms with Crippen LogP contribution in [-0.4, -0.2) is 21.5 Å². The Morgan fingerprint density at radius 1 is 1.03 bits per heavy atom. The van der Waals surface area contributed by atoms with Gasteiger partial charge in [-0.15, -0.1) is 0 Å². The Hall–Kier alpha value is -3.32. The smallest absolute Gasteiger partial charge is 0.332 e. The summed E-state index contributed by atoms with van der Waals surface area (Å²) < 4.78 is 2.27. The largest absolute Gasteiger partial charge is 0.384 e. The number of anilines is 2. The Balaban J connectivity index is 2.00. The number of hydrogen-bond donors (Lipinski definition) is 2. The van der Waals surface area contributed by atoms with Crippen LogP contribution in [0.25, 0.3) is 0 Å². The van der Waals surface area contributed by atoms with Crippen LogP contribution in [0.5, 0.6) is 0 Å². The van der Waals surface area contributed by atoms with Crippen LogP contribution in [0.3, 0.4) is 0 Å². The summed E-state index contributed by atoms with van der Waals surface area (Å²) in [4.78, 5) is 38.3. The van der Waals surface area contributed by atoms with Gasteiger partial charge in [0.2, 0.25) is 0 Å². The van der Waals surface area contributed by atoms with Crippen LogP contribution in [-0.2, 0) is 13.1 Å². The van der Waals surface area contributed by atoms with Crippen LogP contribution in [0.1, 0.15) is 22.8 Å². The zero-order chi connectivity index (χ0) is 21.0. The first kappa shape index (κ1) is 20.4. The zero-order valence-electron chi connectivity index (χ0n) is 15.9. The van der Waals surface area contributed by atoms with Crippen LogP contribution >= 0.6 is 11.6 Å². The van der Waals surface area contributed by atoms with Gasteiger partial charge in [0.05, 0.1) is 23.8 Å². The second-order valence-electron chi connectivity index (χ2n) is 6.42. The second kappa shape index (κ2) is 8.79. The van der Waals surface area contributed by atoms with Gasteiger partial charge in [-0.1, -0.05) is 54.1 Å². The van der Waals surface area contributed by atoms with E-state index in [-0.39, 0.29) is 31.0 Å². The van der Waals surface area contributed by atoms with Crippen LogP contribution in [0.15, 0.2) is 64.2 Å². The third-order valence-electron chi connectivity index (χ3n) is 4.56. The molecule has 0 fully saturated rings. The summed E-state index contributed by atoms with van der Waals surface area (Å²) in [5.41, 5.74) is 6.08. The lowest BCUT2D eigenvalue weighted by molar-refractivity contribution is 0.100. The maximum Gasteiger partial charge on any atom is 0.332 e. The van der Waals surface area contributed by atoms with Gasteiger partial charge in [0, 0.05) is 6.54 Å². The predicted octanol–water partition coefficient (Wildman–Crippen LogP) is 2.61. The fourth-order valence-electron chi connectivity index (χ4n) is 3.04. The van der Waals surface area contributed by atoms with Crippen molar-refractivity contribution in [3.8, 4) is 0 Å². The molecular weight excluding hydrogens is 392 g/mol. The number of nitrogen functional groups attached to an aromatic ring is 1. The van der Waals surface area contributed by atoms with Gasteiger partial charge in [0.25, 0.3) is 5.56 Å². The van der Waals surface area contributed by atoms with E-state index in [2.05, 4.69) is 5.32 Å². The van der Waals surface area contributed by atoms with Crippen LogP contribution in [0.2, 0.25) is 5.02 Å². The van der Waals surface area contributed by atoms with Gasteiger partial charge in [-0.3, -0.25) is 18.7 Å². The number of rotatable bonds is 7. The molecule has 0 spiro atoms. The molecule has 8 heteroatoms. The Labute approximate surface area is 172 Å². The first-order chi connectivity index (χ1) is 13.9. The van der Waals surface area contributed by atoms with E-state index in [0.717, 1.165) is 10.1 Å². The first-order valence-electron chi connectivity index (χ1n) is 9.12. The molecule has 29 heavy (non-hydrogen) atoms. The van der Waals surface area contributed by atoms with E-state index in [1.165, 1.54) is 4.57 Å². The molecule has 0 aliphatic heterocycles. The van der Waals surface area contributed by atoms with E-state index in [1.807, 2.05) is 30.3 Å². The molecule has 150 valence electrons. The number of ketones is 1. The minimum absolute atomic E-state index is 0.130. The molecule has 1 aromatic heterocycles. The van der Waals surface area contributed by atoms with E-state index in [0.29, 0.717) is 10.7 Å². The van der Waals surface area contributed by atoms with E-state index in [1.54, 1.807) is 31.2 Å². The van der Waals surface area contributed by atoms with Crippen molar-refractivity contribution in [1.29, 1.82) is 0 Å². The van der Waals surface area contributed by atoms with Crippen molar-refractivity contribution in [3.63, 3.8) is 0 Å². The van der Waals surface area contributed by atoms with E-state index >= 15 is 0 Å². The molecule has 0 aliphatic carbocycles. The summed E-state index contributed by atoms with van der Waals surface area (Å²) in [5, 5.41) is 3.37. The van der Waals surface area contributed by atoms with Gasteiger partial charge in [-0.25, -0.2) is 4.79 Å². The number of para-hydroxylation sites is 1. The molecule has 1 heterocycles. The van der Waals surface area contributed by atoms with Gasteiger partial charge in [-0.2, -0.15) is 0 Å². The minimum atomic E-state index is -0.690. The number of halogens is 1. The molecular formula is C21H21ClN4O3. The van der Waals surface area contributed by atoms with Crippen LogP contribution in [0, 0.1) is 0 Å². The van der Waals surface area contributed by atoms with Gasteiger partial charge < -0.3 is 11.1 Å². The number of nitrogens with two attached hydrogens (primary N) is 1. The molecule has 0 saturated heterocycles. The van der Waals surface area contributed by atoms with Gasteiger partial charge in [0.1, 0.15) is 11.4 Å². The van der Waals surface area contributed by atoms with Gasteiger partial charge in [0.15, 0.2) is 5.78 Å². The topological polar surface area (TPSA) is 99.1 Å². The molecule has 7 nitrogen and oxygen atoms in total. The first-order valence-corrected chi connectivity index (χ1v) is 9.50. The summed E-state index contributed by atoms with van der Waals surface area (Å²) in [5.74, 6) is -0.657. The third kappa shape index (κ3) is 4.25. The molecule has 0 bridgehead atoms. The number of Topliss-reactive ketones (excluding diaryl/α,β-unsaturated/α-hetero) is 1. The van der Waals surface area contributed by atoms with Gasteiger partial charge in [-0.05, 0) is 24.6 Å². The van der Waals surface area contributed by atoms with E-state index in [9.17, 15) is 14.4 Å². The normalized spacial score (nSPS) is 10.7. The number of nitrogens with zero attached hydrogens (tertiary/aromatic N) is 2. The predicted molar refractivity (Wildman–Crippen MR) is 115 cm³/mol. The maximum absolute atomic E-state index is 12.8. The van der Waals surface area contributed by atoms with Crippen molar-refractivity contribution in [1.82, 2.24) is 9.13 Å². The molecule has 2 aromatic carbocycles. The maximum atomic E-state index is 12.8. The van der Waals surface area contributed by atoms with Gasteiger partial charge >= 0.3 is 5.69 Å². The fraction of sp³-hybridized carbons (Fsp3) is 0.190. The van der Waals surface area contributed by atoms with Crippen molar-refractivity contribution >= 4 is 28.9 Å². The molecule has 0 atom stereocenters. The van der Waals surface area contributed by atoms with Crippen molar-refractivity contribution < 1.29 is 4.79 Å². The number of hydrogen-bond acceptors (Lipinski definition) is 5. The lowest BCUT2D eigenvalue weighted by Crippen LogP contribution is -2.44. The third-order valence-corrected chi connectivity index (χ3v) is 4.89. The zero-order valence-corrected chi connectivity index (χ0v) is 16.6. The summed E-state index contributed by atoms with van der Waals surface area (Å²) in [6, 6.07) is 16.2. The highest BCUT2D eigenvalue weighted by atomic mass is 35.5. The number of aromatic nitrogens is 2. The Morgan fingerprint density at radius 2 is 1.69 bits per heavy atom. The average molecular weight is 413 g/mol. The van der Waals surface area contributed by atoms with Crippen molar-refractivity contribution in [2.24, 2.45) is 0 Å². The number of benzene rings is 2. The molecule has 3 aromatic rings. The molecule has 0 radical (unpaired) electrons. The quantitative estimate of drug-likeness (QED) is 0.581. The molecule has 0 unspecified atom stereocenters. The highest BCUT2D eigenvalue weighted by Crippen LogP contribution is 2.20. The summed E-state index contributed by atoms with van der Waals surface area (Å²) in [7, 11) is 0. The van der Waals surface area contributed by atoms with E-state index < -0.39 is 17.0 Å². The molecule has 3 rings (SSSR count). The van der Waals surface area contributed by atoms with Crippen molar-refractivity contribution in [3.05, 3.63) is 91.6 Å². The number of carbonyl (C=O) groups is 1. The summed E-state index contributed by atoms with van der Waals surface area (Å²) in [6.45, 7) is 1.77. The van der Waals surface area contributed by atoms with Crippen molar-refractivity contribution in [2.45, 2.75) is 20.0 Å². The second-order valence-corrected chi connectivity index (χ2v) is 6.83.